The van der Waals surface area contributed by atoms with Gasteiger partial charge >= 0.3 is 6.61 Å². The quantitative estimate of drug-likeness (QED) is 0.749. The number of amides is 1. The lowest BCUT2D eigenvalue weighted by atomic mass is 10.2. The fourth-order valence-corrected chi connectivity index (χ4v) is 1.89. The van der Waals surface area contributed by atoms with Crippen LogP contribution in [0.15, 0.2) is 18.5 Å². The van der Waals surface area contributed by atoms with Crippen molar-refractivity contribution in [2.24, 2.45) is 0 Å². The van der Waals surface area contributed by atoms with Crippen LogP contribution in [-0.4, -0.2) is 46.3 Å². The number of methoxy groups -OCH3 is 1. The minimum Gasteiger partial charge on any atom is -0.480 e. The van der Waals surface area contributed by atoms with Crippen LogP contribution in [0.3, 0.4) is 0 Å². The number of aromatic nitrogens is 4. The van der Waals surface area contributed by atoms with Gasteiger partial charge in [-0.05, 0) is 12.8 Å². The normalized spacial score (nSPS) is 13.5. The molecule has 1 saturated heterocycles. The molecule has 0 saturated carbocycles. The Morgan fingerprint density at radius 1 is 1.28 bits per heavy atom. The van der Waals surface area contributed by atoms with Crippen LogP contribution in [0.1, 0.15) is 19.3 Å². The Kier molecular flexibility index (Phi) is 6.87. The maximum Gasteiger partial charge on any atom is 0.388 e. The highest BCUT2D eigenvalue weighted by Crippen LogP contribution is 2.18. The molecule has 0 aliphatic carbocycles. The number of ether oxygens (including phenoxy) is 2. The van der Waals surface area contributed by atoms with Gasteiger partial charge in [-0.2, -0.15) is 13.8 Å². The van der Waals surface area contributed by atoms with Crippen LogP contribution in [0.5, 0.6) is 11.8 Å². The zero-order valence-electron chi connectivity index (χ0n) is 13.5. The molecule has 0 radical (unpaired) electrons. The van der Waals surface area contributed by atoms with E-state index >= 15 is 0 Å². The summed E-state index contributed by atoms with van der Waals surface area (Å²) in [5, 5.41) is 11.5. The van der Waals surface area contributed by atoms with Crippen LogP contribution in [-0.2, 0) is 4.79 Å². The van der Waals surface area contributed by atoms with Crippen LogP contribution in [0.25, 0.3) is 0 Å². The third kappa shape index (κ3) is 6.57. The molecule has 2 aromatic rings. The lowest BCUT2D eigenvalue weighted by Gasteiger charge is -2.08. The molecule has 3 heterocycles. The van der Waals surface area contributed by atoms with Crippen molar-refractivity contribution in [3.8, 4) is 11.8 Å². The fourth-order valence-electron chi connectivity index (χ4n) is 1.89. The van der Waals surface area contributed by atoms with Gasteiger partial charge in [0.05, 0.1) is 19.5 Å². The van der Waals surface area contributed by atoms with Crippen molar-refractivity contribution < 1.29 is 23.0 Å². The monoisotopic (exact) mass is 356 g/mol. The number of H-pyrrole nitrogens is 1. The summed E-state index contributed by atoms with van der Waals surface area (Å²) in [5.74, 6) is 1.04. The van der Waals surface area contributed by atoms with E-state index in [-0.39, 0.29) is 11.8 Å². The Morgan fingerprint density at radius 3 is 2.72 bits per heavy atom. The summed E-state index contributed by atoms with van der Waals surface area (Å²) < 4.78 is 32.8. The number of anilines is 2. The summed E-state index contributed by atoms with van der Waals surface area (Å²) in [6.45, 7) is -2.03. The topological polar surface area (TPSA) is 114 Å². The van der Waals surface area contributed by atoms with Crippen molar-refractivity contribution in [2.45, 2.75) is 25.9 Å². The molecule has 0 spiro atoms. The summed E-state index contributed by atoms with van der Waals surface area (Å²) >= 11 is 0. The molecule has 2 aromatic heterocycles. The van der Waals surface area contributed by atoms with Crippen molar-refractivity contribution in [2.75, 3.05) is 19.0 Å². The first-order valence-electron chi connectivity index (χ1n) is 7.47. The van der Waals surface area contributed by atoms with E-state index in [1.165, 1.54) is 25.6 Å². The average Bonchev–Trinajstić information content (AvgIpc) is 3.02. The highest BCUT2D eigenvalue weighted by molar-refractivity contribution is 5.76. The van der Waals surface area contributed by atoms with Crippen LogP contribution in [0.4, 0.5) is 20.4 Å². The van der Waals surface area contributed by atoms with Gasteiger partial charge in [-0.1, -0.05) is 0 Å². The average molecular weight is 356 g/mol. The Bertz CT molecular complexity index is 674. The summed E-state index contributed by atoms with van der Waals surface area (Å²) in [5.41, 5.74) is 0. The number of nitrogens with zero attached hydrogens (tertiary/aromatic N) is 3. The molecule has 0 unspecified atom stereocenters. The second-order valence-corrected chi connectivity index (χ2v) is 4.88. The van der Waals surface area contributed by atoms with Crippen molar-refractivity contribution in [3.63, 3.8) is 0 Å². The lowest BCUT2D eigenvalue weighted by Crippen LogP contribution is -2.28. The second-order valence-electron chi connectivity index (χ2n) is 4.88. The molecule has 1 amide bonds. The van der Waals surface area contributed by atoms with E-state index in [1.54, 1.807) is 0 Å². The van der Waals surface area contributed by atoms with Crippen LogP contribution >= 0.6 is 0 Å². The molecular weight excluding hydrogens is 338 g/mol. The minimum absolute atomic E-state index is 0.214. The molecule has 1 aliphatic heterocycles. The minimum atomic E-state index is -2.92. The first-order chi connectivity index (χ1) is 12.1. The molecule has 0 atom stereocenters. The number of nitrogens with one attached hydrogen (secondary N) is 3. The molecule has 25 heavy (non-hydrogen) atoms. The van der Waals surface area contributed by atoms with Gasteiger partial charge in [0.1, 0.15) is 5.82 Å². The van der Waals surface area contributed by atoms with Crippen molar-refractivity contribution in [1.82, 2.24) is 25.5 Å². The predicted molar refractivity (Wildman–Crippen MR) is 83.9 cm³/mol. The number of hydrogen-bond donors (Lipinski definition) is 3. The predicted octanol–water partition coefficient (Wildman–Crippen LogP) is 1.84. The number of aromatic amines is 1. The fraction of sp³-hybridized carbons (Fsp3) is 0.429. The molecule has 3 N–H and O–H groups in total. The number of alkyl halides is 2. The summed E-state index contributed by atoms with van der Waals surface area (Å²) in [6, 6.07) is 1.27. The summed E-state index contributed by atoms with van der Waals surface area (Å²) in [6.07, 6.45) is 5.85. The van der Waals surface area contributed by atoms with E-state index in [0.29, 0.717) is 17.5 Å². The Morgan fingerprint density at radius 2 is 2.12 bits per heavy atom. The number of hydrogen-bond acceptors (Lipinski definition) is 7. The molecule has 1 aliphatic rings. The van der Waals surface area contributed by atoms with Crippen molar-refractivity contribution in [1.29, 1.82) is 0 Å². The van der Waals surface area contributed by atoms with E-state index in [4.69, 9.17) is 4.74 Å². The zero-order valence-corrected chi connectivity index (χ0v) is 13.5. The van der Waals surface area contributed by atoms with Gasteiger partial charge in [0.25, 0.3) is 0 Å². The van der Waals surface area contributed by atoms with E-state index in [9.17, 15) is 13.6 Å². The third-order valence-electron chi connectivity index (χ3n) is 3.00. The third-order valence-corrected chi connectivity index (χ3v) is 3.00. The van der Waals surface area contributed by atoms with E-state index in [0.717, 1.165) is 25.8 Å². The second kappa shape index (κ2) is 9.35. The molecule has 136 valence electrons. The van der Waals surface area contributed by atoms with Crippen molar-refractivity contribution >= 4 is 17.5 Å². The number of carbonyl (C=O) groups excluding carboxylic acids is 1. The Labute approximate surface area is 142 Å². The molecule has 0 aromatic carbocycles. The molecule has 9 nitrogen and oxygen atoms in total. The van der Waals surface area contributed by atoms with E-state index in [1.807, 2.05) is 0 Å². The van der Waals surface area contributed by atoms with Crippen LogP contribution < -0.4 is 20.1 Å². The first kappa shape index (κ1) is 18.4. The number of piperidine rings is 1. The van der Waals surface area contributed by atoms with E-state index in [2.05, 4.69) is 35.5 Å². The van der Waals surface area contributed by atoms with Gasteiger partial charge in [0, 0.05) is 19.0 Å². The van der Waals surface area contributed by atoms with Gasteiger partial charge < -0.3 is 20.1 Å². The van der Waals surface area contributed by atoms with Gasteiger partial charge in [-0.25, -0.2) is 0 Å². The lowest BCUT2D eigenvalue weighted by molar-refractivity contribution is -0.122. The maximum absolute atomic E-state index is 11.9. The first-order valence-corrected chi connectivity index (χ1v) is 7.47. The van der Waals surface area contributed by atoms with Crippen LogP contribution in [0.2, 0.25) is 0 Å². The smallest absolute Gasteiger partial charge is 0.388 e. The Hall–Kier alpha value is -2.98. The largest absolute Gasteiger partial charge is 0.480 e. The van der Waals surface area contributed by atoms with E-state index < -0.39 is 6.61 Å². The van der Waals surface area contributed by atoms with Gasteiger partial charge in [-0.15, -0.1) is 5.10 Å². The zero-order chi connectivity index (χ0) is 18.1. The molecule has 11 heteroatoms. The SMILES string of the molecule is COc1cncc(Nc2cc(OC(F)F)n[nH]2)n1.O=C1CCCCN1. The van der Waals surface area contributed by atoms with Gasteiger partial charge in [0.15, 0.2) is 5.82 Å². The maximum atomic E-state index is 11.9. The number of rotatable bonds is 5. The molecule has 1 fully saturated rings. The van der Waals surface area contributed by atoms with Crippen molar-refractivity contribution in [3.05, 3.63) is 18.5 Å². The number of carbonyl (C=O) groups is 1. The Balaban J connectivity index is 0.000000269. The summed E-state index contributed by atoms with van der Waals surface area (Å²) in [4.78, 5) is 18.2. The van der Waals surface area contributed by atoms with Crippen LogP contribution in [0, 0.1) is 0 Å². The number of halogens is 2. The molecule has 3 rings (SSSR count). The standard InChI is InChI=1S/C9H9F2N5O2.C5H9NO/c1-17-8-4-12-3-6(14-8)13-5-2-7(16-15-5)18-9(10)11;7-5-3-1-2-4-6-5/h2-4,9H,1H3,(H2,13,14,15,16);1-4H2,(H,6,7). The van der Waals surface area contributed by atoms with Gasteiger partial charge in [-0.3, -0.25) is 14.9 Å². The highest BCUT2D eigenvalue weighted by atomic mass is 19.3. The molecular formula is C14H18F2N6O3. The van der Waals surface area contributed by atoms with Gasteiger partial charge in [0.2, 0.25) is 17.7 Å². The highest BCUT2D eigenvalue weighted by Gasteiger charge is 2.09. The summed E-state index contributed by atoms with van der Waals surface area (Å²) in [7, 11) is 1.46. The molecule has 0 bridgehead atoms.